The lowest BCUT2D eigenvalue weighted by atomic mass is 10.1. The van der Waals surface area contributed by atoms with Crippen molar-refractivity contribution in [1.82, 2.24) is 0 Å². The van der Waals surface area contributed by atoms with Gasteiger partial charge in [0.2, 0.25) is 0 Å². The van der Waals surface area contributed by atoms with E-state index in [0.29, 0.717) is 0 Å². The van der Waals surface area contributed by atoms with Crippen LogP contribution in [0, 0.1) is 11.3 Å². The van der Waals surface area contributed by atoms with Crippen LogP contribution in [-0.4, -0.2) is 13.5 Å². The standard InChI is InChI=1S/C8H7ClN2O3S/c9-15(13,14)7-1-5(3-10)8(12)6(2-7)4-11/h1-2,12H,3,10H2. The van der Waals surface area contributed by atoms with Gasteiger partial charge in [0, 0.05) is 22.8 Å². The number of benzene rings is 1. The molecule has 0 fully saturated rings. The van der Waals surface area contributed by atoms with Crippen molar-refractivity contribution in [3.63, 3.8) is 0 Å². The molecule has 0 aromatic heterocycles. The van der Waals surface area contributed by atoms with Crippen LogP contribution in [0.3, 0.4) is 0 Å². The number of rotatable bonds is 2. The molecule has 0 aliphatic carbocycles. The van der Waals surface area contributed by atoms with Crippen LogP contribution < -0.4 is 5.73 Å². The molecular weight excluding hydrogens is 240 g/mol. The molecular formula is C8H7ClN2O3S. The van der Waals surface area contributed by atoms with E-state index in [4.69, 9.17) is 21.7 Å². The van der Waals surface area contributed by atoms with Gasteiger partial charge in [-0.25, -0.2) is 8.42 Å². The van der Waals surface area contributed by atoms with E-state index in [0.717, 1.165) is 12.1 Å². The van der Waals surface area contributed by atoms with Gasteiger partial charge in [0.15, 0.2) is 0 Å². The number of nitriles is 1. The van der Waals surface area contributed by atoms with Crippen LogP contribution in [0.2, 0.25) is 0 Å². The molecule has 15 heavy (non-hydrogen) atoms. The minimum atomic E-state index is -3.93. The van der Waals surface area contributed by atoms with E-state index in [9.17, 15) is 13.5 Å². The zero-order chi connectivity index (χ0) is 11.6. The summed E-state index contributed by atoms with van der Waals surface area (Å²) in [5.74, 6) is -0.316. The molecule has 3 N–H and O–H groups in total. The molecule has 0 aliphatic rings. The molecule has 1 aromatic carbocycles. The number of hydrogen-bond donors (Lipinski definition) is 2. The molecule has 5 nitrogen and oxygen atoms in total. The molecule has 0 heterocycles. The Morgan fingerprint density at radius 1 is 1.53 bits per heavy atom. The molecule has 0 unspecified atom stereocenters. The molecule has 1 rings (SSSR count). The first-order valence-corrected chi connectivity index (χ1v) is 6.11. The highest BCUT2D eigenvalue weighted by atomic mass is 35.7. The number of phenols is 1. The van der Waals surface area contributed by atoms with Gasteiger partial charge in [-0.3, -0.25) is 0 Å². The summed E-state index contributed by atoms with van der Waals surface area (Å²) in [5, 5.41) is 18.1. The van der Waals surface area contributed by atoms with Gasteiger partial charge in [0.25, 0.3) is 9.05 Å². The van der Waals surface area contributed by atoms with Gasteiger partial charge in [0.1, 0.15) is 11.8 Å². The van der Waals surface area contributed by atoms with E-state index < -0.39 is 9.05 Å². The fraction of sp³-hybridized carbons (Fsp3) is 0.125. The fourth-order valence-electron chi connectivity index (χ4n) is 1.05. The van der Waals surface area contributed by atoms with E-state index in [-0.39, 0.29) is 28.3 Å². The molecule has 0 radical (unpaired) electrons. The molecule has 80 valence electrons. The van der Waals surface area contributed by atoms with Crippen LogP contribution >= 0.6 is 10.7 Å². The zero-order valence-corrected chi connectivity index (χ0v) is 9.01. The molecule has 1 aromatic rings. The van der Waals surface area contributed by atoms with Gasteiger partial charge >= 0.3 is 0 Å². The largest absolute Gasteiger partial charge is 0.506 e. The van der Waals surface area contributed by atoms with E-state index in [1.165, 1.54) is 0 Å². The Balaban J connectivity index is 3.56. The number of phenolic OH excluding ortho intramolecular Hbond substituents is 1. The zero-order valence-electron chi connectivity index (χ0n) is 7.44. The maximum absolute atomic E-state index is 11.0. The highest BCUT2D eigenvalue weighted by Crippen LogP contribution is 2.27. The fourth-order valence-corrected chi connectivity index (χ4v) is 1.86. The van der Waals surface area contributed by atoms with Crippen LogP contribution in [-0.2, 0) is 15.6 Å². The van der Waals surface area contributed by atoms with E-state index in [1.54, 1.807) is 6.07 Å². The highest BCUT2D eigenvalue weighted by Gasteiger charge is 2.16. The van der Waals surface area contributed by atoms with Gasteiger partial charge in [-0.05, 0) is 12.1 Å². The van der Waals surface area contributed by atoms with Crippen molar-refractivity contribution >= 4 is 19.7 Å². The summed E-state index contributed by atoms with van der Waals surface area (Å²) in [5.41, 5.74) is 5.27. The Labute approximate surface area is 91.1 Å². The Hall–Kier alpha value is -1.29. The number of aromatic hydroxyl groups is 1. The van der Waals surface area contributed by atoms with Gasteiger partial charge in [0.05, 0.1) is 10.5 Å². The summed E-state index contributed by atoms with van der Waals surface area (Å²) >= 11 is 0. The topological polar surface area (TPSA) is 104 Å². The number of halogens is 1. The van der Waals surface area contributed by atoms with Crippen molar-refractivity contribution in [2.24, 2.45) is 5.73 Å². The second-order valence-electron chi connectivity index (χ2n) is 2.73. The summed E-state index contributed by atoms with van der Waals surface area (Å²) in [6.45, 7) is -0.0826. The quantitative estimate of drug-likeness (QED) is 0.746. The maximum Gasteiger partial charge on any atom is 0.261 e. The Kier molecular flexibility index (Phi) is 3.19. The van der Waals surface area contributed by atoms with E-state index in [2.05, 4.69) is 0 Å². The molecule has 0 saturated carbocycles. The van der Waals surface area contributed by atoms with Crippen molar-refractivity contribution in [1.29, 1.82) is 5.26 Å². The lowest BCUT2D eigenvalue weighted by Gasteiger charge is -2.05. The van der Waals surface area contributed by atoms with Crippen LogP contribution in [0.15, 0.2) is 17.0 Å². The monoisotopic (exact) mass is 246 g/mol. The number of nitrogens with two attached hydrogens (primary N) is 1. The average Bonchev–Trinajstić information content (AvgIpc) is 2.16. The van der Waals surface area contributed by atoms with Crippen LogP contribution in [0.5, 0.6) is 5.75 Å². The summed E-state index contributed by atoms with van der Waals surface area (Å²) in [4.78, 5) is -0.251. The molecule has 0 amide bonds. The van der Waals surface area contributed by atoms with Gasteiger partial charge in [-0.15, -0.1) is 0 Å². The molecule has 0 saturated heterocycles. The molecule has 7 heteroatoms. The summed E-state index contributed by atoms with van der Waals surface area (Å²) in [6.07, 6.45) is 0. The van der Waals surface area contributed by atoms with Gasteiger partial charge in [-0.2, -0.15) is 5.26 Å². The first kappa shape index (κ1) is 11.8. The predicted octanol–water partition coefficient (Wildman–Crippen LogP) is 0.650. The van der Waals surface area contributed by atoms with Crippen molar-refractivity contribution in [3.8, 4) is 11.8 Å². The third-order valence-corrected chi connectivity index (χ3v) is 3.12. The van der Waals surface area contributed by atoms with E-state index >= 15 is 0 Å². The second kappa shape index (κ2) is 4.06. The van der Waals surface area contributed by atoms with Crippen LogP contribution in [0.4, 0.5) is 0 Å². The van der Waals surface area contributed by atoms with Crippen molar-refractivity contribution < 1.29 is 13.5 Å². The average molecular weight is 247 g/mol. The van der Waals surface area contributed by atoms with Crippen molar-refractivity contribution in [3.05, 3.63) is 23.3 Å². The van der Waals surface area contributed by atoms with Crippen molar-refractivity contribution in [2.75, 3.05) is 0 Å². The van der Waals surface area contributed by atoms with Crippen LogP contribution in [0.25, 0.3) is 0 Å². The highest BCUT2D eigenvalue weighted by molar-refractivity contribution is 8.13. The minimum Gasteiger partial charge on any atom is -0.506 e. The third-order valence-electron chi connectivity index (χ3n) is 1.78. The van der Waals surface area contributed by atoms with Crippen molar-refractivity contribution in [2.45, 2.75) is 11.4 Å². The summed E-state index contributed by atoms with van der Waals surface area (Å²) < 4.78 is 22.0. The Bertz CT molecular complexity index is 534. The maximum atomic E-state index is 11.0. The molecule has 0 aliphatic heterocycles. The minimum absolute atomic E-state index is 0.0826. The van der Waals surface area contributed by atoms with Gasteiger partial charge in [-0.1, -0.05) is 0 Å². The molecule has 0 spiro atoms. The molecule has 0 bridgehead atoms. The third kappa shape index (κ3) is 2.39. The lowest BCUT2D eigenvalue weighted by molar-refractivity contribution is 0.466. The first-order valence-electron chi connectivity index (χ1n) is 3.81. The predicted molar refractivity (Wildman–Crippen MR) is 53.8 cm³/mol. The molecule has 0 atom stereocenters. The lowest BCUT2D eigenvalue weighted by Crippen LogP contribution is -2.01. The van der Waals surface area contributed by atoms with Gasteiger partial charge < -0.3 is 10.8 Å². The Morgan fingerprint density at radius 2 is 2.13 bits per heavy atom. The SMILES string of the molecule is N#Cc1cc(S(=O)(=O)Cl)cc(CN)c1O. The second-order valence-corrected chi connectivity index (χ2v) is 5.30. The normalized spacial score (nSPS) is 11.0. The first-order chi connectivity index (χ1) is 6.90. The number of hydrogen-bond acceptors (Lipinski definition) is 5. The smallest absolute Gasteiger partial charge is 0.261 e. The summed E-state index contributed by atoms with van der Waals surface area (Å²) in [6, 6.07) is 3.79. The Morgan fingerprint density at radius 3 is 2.53 bits per heavy atom. The summed E-state index contributed by atoms with van der Waals surface area (Å²) in [7, 11) is 1.18. The van der Waals surface area contributed by atoms with E-state index in [1.807, 2.05) is 0 Å². The number of nitrogens with zero attached hydrogens (tertiary/aromatic N) is 1. The van der Waals surface area contributed by atoms with Crippen LogP contribution in [0.1, 0.15) is 11.1 Å².